The molecule has 1 aliphatic heterocycles. The van der Waals surface area contributed by atoms with Crippen molar-refractivity contribution in [1.29, 1.82) is 0 Å². The minimum Gasteiger partial charge on any atom is -0.455 e. The van der Waals surface area contributed by atoms with Crippen molar-refractivity contribution in [2.24, 2.45) is 0 Å². The number of rotatable bonds is 12. The summed E-state index contributed by atoms with van der Waals surface area (Å²) in [6.07, 6.45) is 4.14. The van der Waals surface area contributed by atoms with Gasteiger partial charge >= 0.3 is 11.7 Å². The molecule has 1 aromatic heterocycles. The lowest BCUT2D eigenvalue weighted by Gasteiger charge is -2.32. The van der Waals surface area contributed by atoms with Crippen LogP contribution in [0.1, 0.15) is 52.7 Å². The molecule has 30 heavy (non-hydrogen) atoms. The first-order valence-electron chi connectivity index (χ1n) is 10.4. The quantitative estimate of drug-likeness (QED) is 0.309. The largest absolute Gasteiger partial charge is 0.455 e. The molecule has 0 bridgehead atoms. The van der Waals surface area contributed by atoms with Gasteiger partial charge in [0.25, 0.3) is 0 Å². The molecular formula is C21H33N3O6. The van der Waals surface area contributed by atoms with Gasteiger partial charge < -0.3 is 24.7 Å². The summed E-state index contributed by atoms with van der Waals surface area (Å²) in [5.41, 5.74) is 3.89. The summed E-state index contributed by atoms with van der Waals surface area (Å²) < 4.78 is 25.1. The molecule has 0 unspecified atom stereocenters. The number of aromatic nitrogens is 2. The van der Waals surface area contributed by atoms with Crippen LogP contribution in [0.4, 0.5) is 5.82 Å². The fraction of sp³-hybridized carbons (Fsp3) is 0.667. The fourth-order valence-electron chi connectivity index (χ4n) is 3.34. The molecule has 1 aliphatic rings. The molecule has 1 fully saturated rings. The SMILES string of the molecule is C=C[C@]1(COCCCC)O[C@@H](n2ccc(N)nc2=O)[C@H](OC(C)=O)[C@@H]1OCCCC. The highest BCUT2D eigenvalue weighted by Crippen LogP contribution is 2.41. The molecule has 2 heterocycles. The Hall–Kier alpha value is -2.23. The third-order valence-electron chi connectivity index (χ3n) is 4.94. The predicted octanol–water partition coefficient (Wildman–Crippen LogP) is 2.21. The minimum atomic E-state index is -1.10. The molecule has 2 N–H and O–H groups in total. The number of esters is 1. The third-order valence-corrected chi connectivity index (χ3v) is 4.94. The first kappa shape index (κ1) is 24.0. The molecule has 0 aromatic carbocycles. The van der Waals surface area contributed by atoms with Crippen LogP contribution in [0.5, 0.6) is 0 Å². The zero-order valence-electron chi connectivity index (χ0n) is 18.0. The van der Waals surface area contributed by atoms with Crippen molar-refractivity contribution < 1.29 is 23.7 Å². The predicted molar refractivity (Wildman–Crippen MR) is 112 cm³/mol. The summed E-state index contributed by atoms with van der Waals surface area (Å²) in [5.74, 6) is -0.423. The minimum absolute atomic E-state index is 0.0897. The average Bonchev–Trinajstić information content (AvgIpc) is 2.99. The van der Waals surface area contributed by atoms with Crippen LogP contribution >= 0.6 is 0 Å². The molecule has 1 saturated heterocycles. The highest BCUT2D eigenvalue weighted by molar-refractivity contribution is 5.66. The Morgan fingerprint density at radius 2 is 2.07 bits per heavy atom. The molecule has 0 aliphatic carbocycles. The van der Waals surface area contributed by atoms with Crippen LogP contribution in [0.2, 0.25) is 0 Å². The number of anilines is 1. The van der Waals surface area contributed by atoms with Crippen molar-refractivity contribution in [1.82, 2.24) is 9.55 Å². The van der Waals surface area contributed by atoms with Gasteiger partial charge in [0.1, 0.15) is 17.5 Å². The monoisotopic (exact) mass is 423 g/mol. The molecule has 9 heteroatoms. The van der Waals surface area contributed by atoms with Gasteiger partial charge in [-0.15, -0.1) is 6.58 Å². The maximum absolute atomic E-state index is 12.5. The van der Waals surface area contributed by atoms with E-state index in [4.69, 9.17) is 24.7 Å². The van der Waals surface area contributed by atoms with E-state index >= 15 is 0 Å². The number of carbonyl (C=O) groups is 1. The van der Waals surface area contributed by atoms with E-state index in [0.717, 1.165) is 25.7 Å². The third kappa shape index (κ3) is 5.68. The molecule has 0 amide bonds. The zero-order chi connectivity index (χ0) is 22.1. The molecular weight excluding hydrogens is 390 g/mol. The Balaban J connectivity index is 2.43. The fourth-order valence-corrected chi connectivity index (χ4v) is 3.34. The molecule has 0 saturated carbocycles. The lowest BCUT2D eigenvalue weighted by Crippen LogP contribution is -2.48. The Kier molecular flexibility index (Phi) is 9.01. The van der Waals surface area contributed by atoms with E-state index in [2.05, 4.69) is 25.4 Å². The Morgan fingerprint density at radius 1 is 1.37 bits per heavy atom. The number of carbonyl (C=O) groups excluding carboxylic acids is 1. The lowest BCUT2D eigenvalue weighted by atomic mass is 9.95. The summed E-state index contributed by atoms with van der Waals surface area (Å²) in [7, 11) is 0. The van der Waals surface area contributed by atoms with Crippen molar-refractivity contribution in [3.8, 4) is 0 Å². The number of hydrogen-bond donors (Lipinski definition) is 1. The van der Waals surface area contributed by atoms with Crippen LogP contribution in [0.15, 0.2) is 29.7 Å². The van der Waals surface area contributed by atoms with Gasteiger partial charge in [-0.2, -0.15) is 4.98 Å². The van der Waals surface area contributed by atoms with E-state index in [-0.39, 0.29) is 12.4 Å². The second-order valence-electron chi connectivity index (χ2n) is 7.33. The Morgan fingerprint density at radius 3 is 2.67 bits per heavy atom. The number of hydrogen-bond acceptors (Lipinski definition) is 8. The van der Waals surface area contributed by atoms with Crippen LogP contribution in [0.3, 0.4) is 0 Å². The van der Waals surface area contributed by atoms with E-state index in [1.807, 2.05) is 0 Å². The molecule has 0 radical (unpaired) electrons. The van der Waals surface area contributed by atoms with Gasteiger partial charge in [-0.05, 0) is 18.9 Å². The second kappa shape index (κ2) is 11.2. The van der Waals surface area contributed by atoms with Crippen LogP contribution in [-0.4, -0.2) is 53.2 Å². The van der Waals surface area contributed by atoms with Crippen LogP contribution in [-0.2, 0) is 23.7 Å². The topological polar surface area (TPSA) is 115 Å². The smallest absolute Gasteiger partial charge is 0.351 e. The maximum atomic E-state index is 12.5. The molecule has 168 valence electrons. The van der Waals surface area contributed by atoms with Gasteiger partial charge in [0.2, 0.25) is 0 Å². The van der Waals surface area contributed by atoms with Crippen LogP contribution in [0, 0.1) is 0 Å². The highest BCUT2D eigenvalue weighted by Gasteiger charge is 2.57. The first-order chi connectivity index (χ1) is 14.4. The molecule has 9 nitrogen and oxygen atoms in total. The molecule has 0 spiro atoms. The summed E-state index contributed by atoms with van der Waals surface area (Å²) in [5, 5.41) is 0. The number of ether oxygens (including phenoxy) is 4. The van der Waals surface area contributed by atoms with E-state index < -0.39 is 35.7 Å². The van der Waals surface area contributed by atoms with Crippen molar-refractivity contribution in [2.45, 2.75) is 70.5 Å². The Labute approximate surface area is 177 Å². The Bertz CT molecular complexity index is 767. The van der Waals surface area contributed by atoms with E-state index in [1.165, 1.54) is 23.8 Å². The second-order valence-corrected chi connectivity index (χ2v) is 7.33. The lowest BCUT2D eigenvalue weighted by molar-refractivity contribution is -0.158. The number of nitrogens with two attached hydrogens (primary N) is 1. The van der Waals surface area contributed by atoms with Gasteiger partial charge in [-0.3, -0.25) is 9.36 Å². The van der Waals surface area contributed by atoms with Gasteiger partial charge in [0.05, 0.1) is 6.61 Å². The summed E-state index contributed by atoms with van der Waals surface area (Å²) in [6, 6.07) is 1.48. The van der Waals surface area contributed by atoms with Gasteiger partial charge in [0, 0.05) is 26.3 Å². The number of unbranched alkanes of at least 4 members (excludes halogenated alkanes) is 2. The van der Waals surface area contributed by atoms with Gasteiger partial charge in [-0.1, -0.05) is 32.8 Å². The molecule has 1 aromatic rings. The number of nitrogen functional groups attached to an aromatic ring is 1. The van der Waals surface area contributed by atoms with E-state index in [0.29, 0.717) is 13.2 Å². The van der Waals surface area contributed by atoms with Gasteiger partial charge in [0.15, 0.2) is 12.3 Å². The maximum Gasteiger partial charge on any atom is 0.351 e. The number of nitrogens with zero attached hydrogens (tertiary/aromatic N) is 2. The summed E-state index contributed by atoms with van der Waals surface area (Å²) in [6.45, 7) is 10.5. The van der Waals surface area contributed by atoms with Crippen molar-refractivity contribution in [3.05, 3.63) is 35.4 Å². The van der Waals surface area contributed by atoms with Crippen molar-refractivity contribution >= 4 is 11.8 Å². The van der Waals surface area contributed by atoms with Crippen LogP contribution in [0.25, 0.3) is 0 Å². The molecule has 4 atom stereocenters. The first-order valence-corrected chi connectivity index (χ1v) is 10.4. The van der Waals surface area contributed by atoms with E-state index in [9.17, 15) is 9.59 Å². The van der Waals surface area contributed by atoms with Crippen molar-refractivity contribution in [2.75, 3.05) is 25.6 Å². The summed E-state index contributed by atoms with van der Waals surface area (Å²) in [4.78, 5) is 28.1. The highest BCUT2D eigenvalue weighted by atomic mass is 16.6. The van der Waals surface area contributed by atoms with Crippen LogP contribution < -0.4 is 11.4 Å². The molecule has 2 rings (SSSR count). The summed E-state index contributed by atoms with van der Waals surface area (Å²) >= 11 is 0. The van der Waals surface area contributed by atoms with Crippen molar-refractivity contribution in [3.63, 3.8) is 0 Å². The average molecular weight is 424 g/mol. The normalized spacial score (nSPS) is 25.9. The standard InChI is InChI=1S/C21H33N3O6/c1-5-8-12-27-14-21(7-3)18(28-13-9-6-2)17(29-15(4)25)19(30-21)24-11-10-16(22)23-20(24)26/h7,10-11,17-19H,3,5-6,8-9,12-14H2,1-2,4H3,(H2,22,23,26)/t17-,18+,19-,21-/m1/s1. The zero-order valence-corrected chi connectivity index (χ0v) is 18.0. The van der Waals surface area contributed by atoms with E-state index in [1.54, 1.807) is 6.08 Å². The van der Waals surface area contributed by atoms with Gasteiger partial charge in [-0.25, -0.2) is 4.79 Å².